The number of carbonyl (C=O) groups is 1. The molecule has 0 bridgehead atoms. The lowest BCUT2D eigenvalue weighted by Crippen LogP contribution is -2.08. The van der Waals surface area contributed by atoms with Crippen molar-refractivity contribution in [2.24, 2.45) is 0 Å². The molecule has 0 saturated heterocycles. The van der Waals surface area contributed by atoms with Crippen molar-refractivity contribution in [2.75, 3.05) is 7.11 Å². The Morgan fingerprint density at radius 3 is 2.60 bits per heavy atom. The highest BCUT2D eigenvalue weighted by atomic mass is 79.9. The minimum Gasteiger partial charge on any atom is -0.504 e. The van der Waals surface area contributed by atoms with Crippen molar-refractivity contribution in [3.8, 4) is 11.5 Å². The third-order valence-corrected chi connectivity index (χ3v) is 2.82. The number of carboxylic acids is 1. The van der Waals surface area contributed by atoms with Crippen LogP contribution in [0.15, 0.2) is 16.6 Å². The van der Waals surface area contributed by atoms with Gasteiger partial charge >= 0.3 is 5.97 Å². The molecular formula is C10H11BrO4. The number of phenolic OH excluding ortho intramolecular Hbond substituents is 1. The average Bonchev–Trinajstić information content (AvgIpc) is 2.19. The van der Waals surface area contributed by atoms with E-state index in [1.54, 1.807) is 13.0 Å². The van der Waals surface area contributed by atoms with Gasteiger partial charge in [0.05, 0.1) is 13.0 Å². The number of ether oxygens (including phenoxy) is 1. The highest BCUT2D eigenvalue weighted by Crippen LogP contribution is 2.35. The average molecular weight is 275 g/mol. The van der Waals surface area contributed by atoms with Crippen LogP contribution in [0, 0.1) is 0 Å². The number of carboxylic acid groups (broad SMARTS) is 1. The zero-order chi connectivity index (χ0) is 11.6. The van der Waals surface area contributed by atoms with Crippen LogP contribution in [0.3, 0.4) is 0 Å². The van der Waals surface area contributed by atoms with Crippen LogP contribution in [-0.4, -0.2) is 23.3 Å². The van der Waals surface area contributed by atoms with Crippen LogP contribution in [0.5, 0.6) is 11.5 Å². The highest BCUT2D eigenvalue weighted by molar-refractivity contribution is 9.10. The first-order valence-corrected chi connectivity index (χ1v) is 5.06. The van der Waals surface area contributed by atoms with Gasteiger partial charge in [-0.15, -0.1) is 0 Å². The fraction of sp³-hybridized carbons (Fsp3) is 0.300. The molecule has 1 aromatic carbocycles. The molecule has 15 heavy (non-hydrogen) atoms. The molecule has 0 fully saturated rings. The number of methoxy groups -OCH3 is 1. The molecule has 0 saturated carbocycles. The van der Waals surface area contributed by atoms with Crippen LogP contribution < -0.4 is 4.74 Å². The van der Waals surface area contributed by atoms with Crippen molar-refractivity contribution in [1.29, 1.82) is 0 Å². The van der Waals surface area contributed by atoms with Crippen molar-refractivity contribution in [3.05, 3.63) is 22.2 Å². The van der Waals surface area contributed by atoms with Crippen LogP contribution in [0.25, 0.3) is 0 Å². The Hall–Kier alpha value is -1.23. The molecule has 0 radical (unpaired) electrons. The molecule has 0 spiro atoms. The van der Waals surface area contributed by atoms with Crippen molar-refractivity contribution in [2.45, 2.75) is 12.8 Å². The van der Waals surface area contributed by atoms with Crippen molar-refractivity contribution in [1.82, 2.24) is 0 Å². The topological polar surface area (TPSA) is 66.8 Å². The van der Waals surface area contributed by atoms with E-state index in [0.717, 1.165) is 0 Å². The Morgan fingerprint density at radius 1 is 1.53 bits per heavy atom. The van der Waals surface area contributed by atoms with Gasteiger partial charge in [0.1, 0.15) is 0 Å². The van der Waals surface area contributed by atoms with E-state index in [-0.39, 0.29) is 5.75 Å². The van der Waals surface area contributed by atoms with E-state index in [2.05, 4.69) is 15.9 Å². The van der Waals surface area contributed by atoms with Gasteiger partial charge in [-0.1, -0.05) is 15.9 Å². The van der Waals surface area contributed by atoms with E-state index >= 15 is 0 Å². The standard InChI is InChI=1S/C10H11BrO4/c1-5(10(13)14)6-3-8(12)9(15-2)4-7(6)11/h3-5,12H,1-2H3,(H,13,14). The molecule has 0 amide bonds. The second kappa shape index (κ2) is 4.53. The lowest BCUT2D eigenvalue weighted by Gasteiger charge is -2.12. The summed E-state index contributed by atoms with van der Waals surface area (Å²) in [6.45, 7) is 1.55. The molecular weight excluding hydrogens is 264 g/mol. The molecule has 2 N–H and O–H groups in total. The molecule has 82 valence electrons. The molecule has 1 aromatic rings. The number of phenols is 1. The van der Waals surface area contributed by atoms with Crippen molar-refractivity contribution < 1.29 is 19.7 Å². The highest BCUT2D eigenvalue weighted by Gasteiger charge is 2.19. The quantitative estimate of drug-likeness (QED) is 0.888. The minimum atomic E-state index is -0.944. The maximum Gasteiger partial charge on any atom is 0.310 e. The summed E-state index contributed by atoms with van der Waals surface area (Å²) in [6, 6.07) is 2.94. The summed E-state index contributed by atoms with van der Waals surface area (Å²) in [5.41, 5.74) is 0.515. The number of hydrogen-bond acceptors (Lipinski definition) is 3. The van der Waals surface area contributed by atoms with E-state index < -0.39 is 11.9 Å². The molecule has 1 unspecified atom stereocenters. The van der Waals surface area contributed by atoms with Gasteiger partial charge in [-0.05, 0) is 24.6 Å². The van der Waals surface area contributed by atoms with Crippen LogP contribution in [0.1, 0.15) is 18.4 Å². The summed E-state index contributed by atoms with van der Waals surface area (Å²) >= 11 is 3.24. The zero-order valence-electron chi connectivity index (χ0n) is 8.32. The van der Waals surface area contributed by atoms with E-state index in [1.165, 1.54) is 13.2 Å². The van der Waals surface area contributed by atoms with Crippen LogP contribution in [-0.2, 0) is 4.79 Å². The van der Waals surface area contributed by atoms with Gasteiger partial charge < -0.3 is 14.9 Å². The number of aliphatic carboxylic acids is 1. The third kappa shape index (κ3) is 2.41. The third-order valence-electron chi connectivity index (χ3n) is 2.14. The van der Waals surface area contributed by atoms with E-state index in [1.807, 2.05) is 0 Å². The fourth-order valence-electron chi connectivity index (χ4n) is 1.19. The van der Waals surface area contributed by atoms with Gasteiger partial charge in [0.2, 0.25) is 0 Å². The monoisotopic (exact) mass is 274 g/mol. The summed E-state index contributed by atoms with van der Waals surface area (Å²) in [4.78, 5) is 10.8. The summed E-state index contributed by atoms with van der Waals surface area (Å²) in [5.74, 6) is -1.39. The lowest BCUT2D eigenvalue weighted by molar-refractivity contribution is -0.138. The fourth-order valence-corrected chi connectivity index (χ4v) is 1.85. The molecule has 1 rings (SSSR count). The maximum atomic E-state index is 10.8. The summed E-state index contributed by atoms with van der Waals surface area (Å²) in [7, 11) is 1.43. The van der Waals surface area contributed by atoms with Crippen LogP contribution >= 0.6 is 15.9 Å². The van der Waals surface area contributed by atoms with E-state index in [0.29, 0.717) is 15.8 Å². The number of rotatable bonds is 3. The Balaban J connectivity index is 3.21. The SMILES string of the molecule is COc1cc(Br)c(C(C)C(=O)O)cc1O. The Morgan fingerprint density at radius 2 is 2.13 bits per heavy atom. The summed E-state index contributed by atoms with van der Waals surface area (Å²) in [5, 5.41) is 18.4. The molecule has 0 aliphatic rings. The van der Waals surface area contributed by atoms with Crippen LogP contribution in [0.4, 0.5) is 0 Å². The molecule has 0 heterocycles. The van der Waals surface area contributed by atoms with Crippen molar-refractivity contribution >= 4 is 21.9 Å². The first-order chi connectivity index (χ1) is 6.97. The molecule has 0 aliphatic heterocycles. The normalized spacial score (nSPS) is 12.2. The van der Waals surface area contributed by atoms with Gasteiger partial charge in [-0.2, -0.15) is 0 Å². The lowest BCUT2D eigenvalue weighted by atomic mass is 10.0. The van der Waals surface area contributed by atoms with Crippen molar-refractivity contribution in [3.63, 3.8) is 0 Å². The summed E-state index contributed by atoms with van der Waals surface area (Å²) < 4.78 is 5.50. The van der Waals surface area contributed by atoms with Gasteiger partial charge in [0.15, 0.2) is 11.5 Å². The second-order valence-corrected chi connectivity index (χ2v) is 3.96. The Labute approximate surface area is 95.6 Å². The molecule has 1 atom stereocenters. The second-order valence-electron chi connectivity index (χ2n) is 3.11. The number of benzene rings is 1. The van der Waals surface area contributed by atoms with E-state index in [9.17, 15) is 9.90 Å². The molecule has 5 heteroatoms. The Bertz CT molecular complexity index is 389. The molecule has 4 nitrogen and oxygen atoms in total. The summed E-state index contributed by atoms with van der Waals surface area (Å²) in [6.07, 6.45) is 0. The minimum absolute atomic E-state index is 0.0659. The predicted molar refractivity (Wildman–Crippen MR) is 58.4 cm³/mol. The predicted octanol–water partition coefficient (Wildman–Crippen LogP) is 2.35. The van der Waals surface area contributed by atoms with Gasteiger partial charge in [0.25, 0.3) is 0 Å². The molecule has 0 aliphatic carbocycles. The molecule has 0 aromatic heterocycles. The van der Waals surface area contributed by atoms with Gasteiger partial charge in [-0.3, -0.25) is 4.79 Å². The van der Waals surface area contributed by atoms with Gasteiger partial charge in [-0.25, -0.2) is 0 Å². The Kier molecular flexibility index (Phi) is 3.57. The van der Waals surface area contributed by atoms with E-state index in [4.69, 9.17) is 9.84 Å². The first kappa shape index (κ1) is 11.8. The zero-order valence-corrected chi connectivity index (χ0v) is 9.91. The number of halogens is 1. The van der Waals surface area contributed by atoms with Crippen LogP contribution in [0.2, 0.25) is 0 Å². The number of aromatic hydroxyl groups is 1. The maximum absolute atomic E-state index is 10.8. The van der Waals surface area contributed by atoms with Gasteiger partial charge in [0, 0.05) is 4.47 Å². The first-order valence-electron chi connectivity index (χ1n) is 4.26. The largest absolute Gasteiger partial charge is 0.504 e. The number of hydrogen-bond donors (Lipinski definition) is 2. The smallest absolute Gasteiger partial charge is 0.310 e.